The average Bonchev–Trinajstić information content (AvgIpc) is 2.88. The molecule has 1 N–H and O–H groups in total. The molecule has 0 aliphatic heterocycles. The summed E-state index contributed by atoms with van der Waals surface area (Å²) in [6.07, 6.45) is 0.834. The van der Waals surface area contributed by atoms with E-state index < -0.39 is 6.04 Å². The first-order chi connectivity index (χ1) is 17.0. The van der Waals surface area contributed by atoms with Crippen LogP contribution in [0.1, 0.15) is 37.4 Å². The maximum absolute atomic E-state index is 13.5. The average molecular weight is 475 g/mol. The van der Waals surface area contributed by atoms with Gasteiger partial charge < -0.3 is 19.7 Å². The number of carbonyl (C=O) groups excluding carboxylic acids is 2. The van der Waals surface area contributed by atoms with E-state index in [-0.39, 0.29) is 31.1 Å². The van der Waals surface area contributed by atoms with Crippen LogP contribution in [0.15, 0.2) is 91.0 Å². The maximum atomic E-state index is 13.5. The van der Waals surface area contributed by atoms with Crippen molar-refractivity contribution >= 4 is 11.8 Å². The maximum Gasteiger partial charge on any atom is 0.261 e. The number of para-hydroxylation sites is 1. The summed E-state index contributed by atoms with van der Waals surface area (Å²) in [5.41, 5.74) is 1.67. The quantitative estimate of drug-likeness (QED) is 0.363. The van der Waals surface area contributed by atoms with Crippen LogP contribution in [-0.4, -0.2) is 42.6 Å². The van der Waals surface area contributed by atoms with Crippen LogP contribution in [0.4, 0.5) is 0 Å². The Morgan fingerprint density at radius 1 is 0.857 bits per heavy atom. The highest BCUT2D eigenvalue weighted by Gasteiger charge is 2.31. The minimum absolute atomic E-state index is 0.145. The molecule has 1 unspecified atom stereocenters. The number of nitrogens with zero attached hydrogens (tertiary/aromatic N) is 1. The Kier molecular flexibility index (Phi) is 10.3. The van der Waals surface area contributed by atoms with Crippen molar-refractivity contribution in [1.29, 1.82) is 0 Å². The van der Waals surface area contributed by atoms with Crippen molar-refractivity contribution in [2.45, 2.75) is 39.0 Å². The van der Waals surface area contributed by atoms with Crippen molar-refractivity contribution in [3.8, 4) is 5.75 Å². The van der Waals surface area contributed by atoms with Gasteiger partial charge in [0.15, 0.2) is 6.61 Å². The van der Waals surface area contributed by atoms with Gasteiger partial charge in [-0.1, -0.05) is 78.9 Å². The fourth-order valence-electron chi connectivity index (χ4n) is 3.66. The lowest BCUT2D eigenvalue weighted by Crippen LogP contribution is -2.45. The molecule has 2 amide bonds. The van der Waals surface area contributed by atoms with Crippen molar-refractivity contribution < 1.29 is 19.1 Å². The summed E-state index contributed by atoms with van der Waals surface area (Å²) in [5, 5.41) is 3.00. The number of hydrogen-bond acceptors (Lipinski definition) is 4. The highest BCUT2D eigenvalue weighted by atomic mass is 16.5. The molecule has 3 aromatic rings. The van der Waals surface area contributed by atoms with E-state index in [1.54, 1.807) is 17.0 Å². The summed E-state index contributed by atoms with van der Waals surface area (Å²) in [7, 11) is 0. The topological polar surface area (TPSA) is 67.9 Å². The Balaban J connectivity index is 1.81. The normalized spacial score (nSPS) is 11.6. The molecular formula is C29H34N2O4. The van der Waals surface area contributed by atoms with E-state index in [1.807, 2.05) is 92.7 Å². The zero-order chi connectivity index (χ0) is 24.9. The summed E-state index contributed by atoms with van der Waals surface area (Å²) >= 11 is 0. The van der Waals surface area contributed by atoms with E-state index in [1.165, 1.54) is 0 Å². The van der Waals surface area contributed by atoms with Crippen molar-refractivity contribution in [1.82, 2.24) is 10.2 Å². The van der Waals surface area contributed by atoms with Crippen molar-refractivity contribution in [2.75, 3.05) is 19.8 Å². The van der Waals surface area contributed by atoms with Crippen LogP contribution in [-0.2, 0) is 20.9 Å². The Morgan fingerprint density at radius 2 is 1.46 bits per heavy atom. The molecule has 0 saturated carbocycles. The number of benzene rings is 3. The molecule has 6 nitrogen and oxygen atoms in total. The van der Waals surface area contributed by atoms with Gasteiger partial charge in [-0.2, -0.15) is 0 Å². The van der Waals surface area contributed by atoms with E-state index in [9.17, 15) is 9.59 Å². The highest BCUT2D eigenvalue weighted by Crippen LogP contribution is 2.24. The van der Waals surface area contributed by atoms with Gasteiger partial charge in [0.25, 0.3) is 5.91 Å². The second-order valence-corrected chi connectivity index (χ2v) is 8.49. The van der Waals surface area contributed by atoms with Crippen LogP contribution in [0.2, 0.25) is 0 Å². The molecule has 0 aliphatic rings. The smallest absolute Gasteiger partial charge is 0.261 e. The van der Waals surface area contributed by atoms with Crippen LogP contribution in [0.5, 0.6) is 5.75 Å². The second kappa shape index (κ2) is 13.9. The van der Waals surface area contributed by atoms with Crippen LogP contribution in [0.25, 0.3) is 0 Å². The van der Waals surface area contributed by atoms with Gasteiger partial charge in [-0.3, -0.25) is 9.59 Å². The highest BCUT2D eigenvalue weighted by molar-refractivity contribution is 5.89. The minimum atomic E-state index is -0.797. The molecular weight excluding hydrogens is 440 g/mol. The first kappa shape index (κ1) is 26.0. The van der Waals surface area contributed by atoms with Gasteiger partial charge in [0.1, 0.15) is 11.8 Å². The van der Waals surface area contributed by atoms with E-state index in [0.29, 0.717) is 25.3 Å². The largest absolute Gasteiger partial charge is 0.484 e. The molecule has 0 bridgehead atoms. The molecule has 0 spiro atoms. The van der Waals surface area contributed by atoms with Gasteiger partial charge >= 0.3 is 0 Å². The zero-order valence-electron chi connectivity index (χ0n) is 20.4. The molecule has 1 atom stereocenters. The molecule has 3 aromatic carbocycles. The van der Waals surface area contributed by atoms with Gasteiger partial charge in [0.2, 0.25) is 5.91 Å². The predicted octanol–water partition coefficient (Wildman–Crippen LogP) is 4.77. The van der Waals surface area contributed by atoms with Gasteiger partial charge in [-0.05, 0) is 43.5 Å². The number of ether oxygens (including phenoxy) is 2. The number of amides is 2. The summed E-state index contributed by atoms with van der Waals surface area (Å²) in [6, 6.07) is 27.4. The standard InChI is InChI=1S/C29H34N2O4/c1-23(2)34-20-12-19-30-29(33)28(25-15-8-4-9-16-25)31(21-24-13-6-3-7-14-24)27(32)22-35-26-17-10-5-11-18-26/h3-11,13-18,23,28H,12,19-22H2,1-2H3,(H,30,33). The summed E-state index contributed by atoms with van der Waals surface area (Å²) < 4.78 is 11.3. The van der Waals surface area contributed by atoms with E-state index in [0.717, 1.165) is 11.1 Å². The minimum Gasteiger partial charge on any atom is -0.484 e. The SMILES string of the molecule is CC(C)OCCCNC(=O)C(c1ccccc1)N(Cc1ccccc1)C(=O)COc1ccccc1. The molecule has 0 radical (unpaired) electrons. The van der Waals surface area contributed by atoms with Crippen molar-refractivity contribution in [2.24, 2.45) is 0 Å². The fraction of sp³-hybridized carbons (Fsp3) is 0.310. The lowest BCUT2D eigenvalue weighted by molar-refractivity contribution is -0.143. The van der Waals surface area contributed by atoms with Crippen molar-refractivity contribution in [3.05, 3.63) is 102 Å². The third-order valence-electron chi connectivity index (χ3n) is 5.37. The summed E-state index contributed by atoms with van der Waals surface area (Å²) in [4.78, 5) is 28.5. The molecule has 0 aromatic heterocycles. The number of rotatable bonds is 13. The molecule has 6 heteroatoms. The number of hydrogen-bond donors (Lipinski definition) is 1. The van der Waals surface area contributed by atoms with Gasteiger partial charge in [0.05, 0.1) is 6.10 Å². The first-order valence-electron chi connectivity index (χ1n) is 12.0. The zero-order valence-corrected chi connectivity index (χ0v) is 20.4. The van der Waals surface area contributed by atoms with E-state index >= 15 is 0 Å². The fourth-order valence-corrected chi connectivity index (χ4v) is 3.66. The molecule has 0 saturated heterocycles. The molecule has 184 valence electrons. The monoisotopic (exact) mass is 474 g/mol. The van der Waals surface area contributed by atoms with Gasteiger partial charge in [-0.25, -0.2) is 0 Å². The Labute approximate surface area is 207 Å². The Hall–Kier alpha value is -3.64. The van der Waals surface area contributed by atoms with Gasteiger partial charge in [-0.15, -0.1) is 0 Å². The Bertz CT molecular complexity index is 1030. The third-order valence-corrected chi connectivity index (χ3v) is 5.37. The molecule has 35 heavy (non-hydrogen) atoms. The second-order valence-electron chi connectivity index (χ2n) is 8.49. The van der Waals surface area contributed by atoms with Crippen molar-refractivity contribution in [3.63, 3.8) is 0 Å². The number of nitrogens with one attached hydrogen (secondary N) is 1. The van der Waals surface area contributed by atoms with Crippen LogP contribution in [0.3, 0.4) is 0 Å². The first-order valence-corrected chi connectivity index (χ1v) is 12.0. The summed E-state index contributed by atoms with van der Waals surface area (Å²) in [6.45, 7) is 5.09. The Morgan fingerprint density at radius 3 is 2.09 bits per heavy atom. The van der Waals surface area contributed by atoms with E-state index in [2.05, 4.69) is 5.32 Å². The predicted molar refractivity (Wildman–Crippen MR) is 137 cm³/mol. The molecule has 0 fully saturated rings. The third kappa shape index (κ3) is 8.58. The molecule has 0 aliphatic carbocycles. The summed E-state index contributed by atoms with van der Waals surface area (Å²) in [5.74, 6) is 0.0981. The lowest BCUT2D eigenvalue weighted by Gasteiger charge is -2.31. The van der Waals surface area contributed by atoms with Gasteiger partial charge in [0, 0.05) is 19.7 Å². The number of carbonyl (C=O) groups is 2. The van der Waals surface area contributed by atoms with Crippen LogP contribution >= 0.6 is 0 Å². The molecule has 3 rings (SSSR count). The van der Waals surface area contributed by atoms with Crippen LogP contribution in [0, 0.1) is 0 Å². The molecule has 0 heterocycles. The van der Waals surface area contributed by atoms with E-state index in [4.69, 9.17) is 9.47 Å². The van der Waals surface area contributed by atoms with Crippen LogP contribution < -0.4 is 10.1 Å². The lowest BCUT2D eigenvalue weighted by atomic mass is 10.0.